The van der Waals surface area contributed by atoms with Crippen molar-refractivity contribution in [1.29, 1.82) is 0 Å². The molecule has 0 radical (unpaired) electrons. The Balaban J connectivity index is 1.63. The van der Waals surface area contributed by atoms with Gasteiger partial charge in [0.25, 0.3) is 0 Å². The number of urea groups is 1. The molecule has 116 valence electrons. The summed E-state index contributed by atoms with van der Waals surface area (Å²) in [5, 5.41) is 2.84. The van der Waals surface area contributed by atoms with Gasteiger partial charge < -0.3 is 24.4 Å². The van der Waals surface area contributed by atoms with Crippen molar-refractivity contribution in [2.45, 2.75) is 6.92 Å². The molecule has 1 aliphatic rings. The molecule has 0 aromatic heterocycles. The van der Waals surface area contributed by atoms with Gasteiger partial charge in [0.15, 0.2) is 0 Å². The number of morpholine rings is 1. The highest BCUT2D eigenvalue weighted by molar-refractivity contribution is 5.74. The van der Waals surface area contributed by atoms with Gasteiger partial charge >= 0.3 is 6.03 Å². The molecule has 0 spiro atoms. The van der Waals surface area contributed by atoms with Crippen LogP contribution >= 0.6 is 0 Å². The van der Waals surface area contributed by atoms with Gasteiger partial charge in [0.1, 0.15) is 18.1 Å². The molecule has 0 unspecified atom stereocenters. The molecular weight excluding hydrogens is 272 g/mol. The van der Waals surface area contributed by atoms with Crippen LogP contribution in [0.1, 0.15) is 6.92 Å². The number of carbonyl (C=O) groups is 1. The first-order chi connectivity index (χ1) is 10.3. The van der Waals surface area contributed by atoms with Crippen LogP contribution in [0.4, 0.5) is 4.79 Å². The van der Waals surface area contributed by atoms with Crippen molar-refractivity contribution in [1.82, 2.24) is 10.2 Å². The van der Waals surface area contributed by atoms with E-state index in [0.717, 1.165) is 11.5 Å². The number of benzene rings is 1. The lowest BCUT2D eigenvalue weighted by atomic mass is 10.3. The van der Waals surface area contributed by atoms with E-state index < -0.39 is 0 Å². The molecule has 21 heavy (non-hydrogen) atoms. The smallest absolute Gasteiger partial charge is 0.317 e. The fraction of sp³-hybridized carbons (Fsp3) is 0.533. The fourth-order valence-corrected chi connectivity index (χ4v) is 2.00. The average Bonchev–Trinajstić information content (AvgIpc) is 2.54. The van der Waals surface area contributed by atoms with Crippen molar-refractivity contribution in [2.24, 2.45) is 0 Å². The molecule has 0 saturated carbocycles. The van der Waals surface area contributed by atoms with Crippen LogP contribution < -0.4 is 14.8 Å². The summed E-state index contributed by atoms with van der Waals surface area (Å²) in [7, 11) is 0. The highest BCUT2D eigenvalue weighted by atomic mass is 16.5. The van der Waals surface area contributed by atoms with Gasteiger partial charge in [-0.25, -0.2) is 4.79 Å². The van der Waals surface area contributed by atoms with Gasteiger partial charge in [-0.2, -0.15) is 0 Å². The van der Waals surface area contributed by atoms with Crippen molar-refractivity contribution in [3.63, 3.8) is 0 Å². The molecule has 6 nitrogen and oxygen atoms in total. The number of hydrogen-bond donors (Lipinski definition) is 1. The molecule has 6 heteroatoms. The lowest BCUT2D eigenvalue weighted by Gasteiger charge is -2.26. The largest absolute Gasteiger partial charge is 0.494 e. The summed E-state index contributed by atoms with van der Waals surface area (Å²) in [5.74, 6) is 1.59. The number of ether oxygens (including phenoxy) is 3. The molecule has 2 amide bonds. The molecule has 1 aromatic rings. The molecule has 1 saturated heterocycles. The van der Waals surface area contributed by atoms with Gasteiger partial charge in [-0.05, 0) is 31.2 Å². The molecule has 1 N–H and O–H groups in total. The van der Waals surface area contributed by atoms with E-state index in [-0.39, 0.29) is 6.03 Å². The van der Waals surface area contributed by atoms with E-state index in [1.165, 1.54) is 0 Å². The zero-order valence-corrected chi connectivity index (χ0v) is 12.3. The molecule has 2 rings (SSSR count). The van der Waals surface area contributed by atoms with E-state index in [1.54, 1.807) is 4.90 Å². The van der Waals surface area contributed by atoms with Crippen molar-refractivity contribution >= 4 is 6.03 Å². The zero-order chi connectivity index (χ0) is 14.9. The summed E-state index contributed by atoms with van der Waals surface area (Å²) in [4.78, 5) is 13.6. The molecule has 0 bridgehead atoms. The summed E-state index contributed by atoms with van der Waals surface area (Å²) < 4.78 is 16.1. The summed E-state index contributed by atoms with van der Waals surface area (Å²) in [6.07, 6.45) is 0. The van der Waals surface area contributed by atoms with Crippen molar-refractivity contribution < 1.29 is 19.0 Å². The maximum Gasteiger partial charge on any atom is 0.317 e. The zero-order valence-electron chi connectivity index (χ0n) is 12.3. The van der Waals surface area contributed by atoms with Crippen LogP contribution in [0.5, 0.6) is 11.5 Å². The fourth-order valence-electron chi connectivity index (χ4n) is 2.00. The maximum absolute atomic E-state index is 11.8. The normalized spacial score (nSPS) is 14.6. The van der Waals surface area contributed by atoms with Gasteiger partial charge in [0, 0.05) is 13.1 Å². The summed E-state index contributed by atoms with van der Waals surface area (Å²) in [6, 6.07) is 7.38. The Bertz CT molecular complexity index is 430. The quantitative estimate of drug-likeness (QED) is 0.808. The van der Waals surface area contributed by atoms with Crippen molar-refractivity contribution in [3.8, 4) is 11.5 Å². The van der Waals surface area contributed by atoms with E-state index in [4.69, 9.17) is 14.2 Å². The van der Waals surface area contributed by atoms with Crippen LogP contribution in [0.25, 0.3) is 0 Å². The Morgan fingerprint density at radius 2 is 1.81 bits per heavy atom. The number of rotatable bonds is 6. The van der Waals surface area contributed by atoms with E-state index >= 15 is 0 Å². The van der Waals surface area contributed by atoms with Gasteiger partial charge in [-0.1, -0.05) is 0 Å². The first-order valence-corrected chi connectivity index (χ1v) is 7.26. The van der Waals surface area contributed by atoms with Crippen LogP contribution in [0.15, 0.2) is 24.3 Å². The standard InChI is InChI=1S/C15H22N2O4/c1-2-20-13-3-5-14(6-4-13)21-10-7-16-15(18)17-8-11-19-12-9-17/h3-6H,2,7-12H2,1H3,(H,16,18). The predicted octanol–water partition coefficient (Wildman–Crippen LogP) is 1.51. The number of nitrogens with one attached hydrogen (secondary N) is 1. The number of nitrogens with zero attached hydrogens (tertiary/aromatic N) is 1. The van der Waals surface area contributed by atoms with E-state index in [0.29, 0.717) is 46.1 Å². The lowest BCUT2D eigenvalue weighted by molar-refractivity contribution is 0.0530. The minimum Gasteiger partial charge on any atom is -0.494 e. The Morgan fingerprint density at radius 1 is 1.19 bits per heavy atom. The first-order valence-electron chi connectivity index (χ1n) is 7.26. The topological polar surface area (TPSA) is 60.0 Å². The maximum atomic E-state index is 11.8. The Hall–Kier alpha value is -1.95. The second-order valence-electron chi connectivity index (χ2n) is 4.58. The number of amides is 2. The minimum absolute atomic E-state index is 0.0615. The van der Waals surface area contributed by atoms with Gasteiger partial charge in [-0.3, -0.25) is 0 Å². The van der Waals surface area contributed by atoms with Crippen LogP contribution in [-0.2, 0) is 4.74 Å². The first kappa shape index (κ1) is 15.4. The third-order valence-electron chi connectivity index (χ3n) is 3.08. The van der Waals surface area contributed by atoms with Crippen molar-refractivity contribution in [2.75, 3.05) is 46.1 Å². The highest BCUT2D eigenvalue weighted by Gasteiger charge is 2.15. The Morgan fingerprint density at radius 3 is 2.43 bits per heavy atom. The lowest BCUT2D eigenvalue weighted by Crippen LogP contribution is -2.47. The molecule has 1 heterocycles. The van der Waals surface area contributed by atoms with E-state index in [1.807, 2.05) is 31.2 Å². The van der Waals surface area contributed by atoms with Crippen LogP contribution in [0.3, 0.4) is 0 Å². The molecular formula is C15H22N2O4. The number of hydrogen-bond acceptors (Lipinski definition) is 4. The third kappa shape index (κ3) is 5.15. The van der Waals surface area contributed by atoms with Crippen LogP contribution in [0, 0.1) is 0 Å². The Kier molecular flexibility index (Phi) is 6.15. The molecule has 0 atom stereocenters. The molecule has 1 aliphatic heterocycles. The molecule has 1 aromatic carbocycles. The average molecular weight is 294 g/mol. The van der Waals surface area contributed by atoms with Crippen LogP contribution in [-0.4, -0.2) is 57.0 Å². The van der Waals surface area contributed by atoms with Crippen molar-refractivity contribution in [3.05, 3.63) is 24.3 Å². The SMILES string of the molecule is CCOc1ccc(OCCNC(=O)N2CCOCC2)cc1. The summed E-state index contributed by atoms with van der Waals surface area (Å²) in [6.45, 7) is 6.01. The van der Waals surface area contributed by atoms with Gasteiger partial charge in [0.05, 0.1) is 26.4 Å². The van der Waals surface area contributed by atoms with Gasteiger partial charge in [0.2, 0.25) is 0 Å². The predicted molar refractivity (Wildman–Crippen MR) is 78.9 cm³/mol. The van der Waals surface area contributed by atoms with Crippen LogP contribution in [0.2, 0.25) is 0 Å². The highest BCUT2D eigenvalue weighted by Crippen LogP contribution is 2.17. The third-order valence-corrected chi connectivity index (χ3v) is 3.08. The monoisotopic (exact) mass is 294 g/mol. The van der Waals surface area contributed by atoms with E-state index in [9.17, 15) is 4.79 Å². The summed E-state index contributed by atoms with van der Waals surface area (Å²) in [5.41, 5.74) is 0. The second kappa shape index (κ2) is 8.36. The second-order valence-corrected chi connectivity index (χ2v) is 4.58. The number of carbonyl (C=O) groups excluding carboxylic acids is 1. The van der Waals surface area contributed by atoms with E-state index in [2.05, 4.69) is 5.32 Å². The summed E-state index contributed by atoms with van der Waals surface area (Å²) >= 11 is 0. The minimum atomic E-state index is -0.0615. The van der Waals surface area contributed by atoms with Gasteiger partial charge in [-0.15, -0.1) is 0 Å². The Labute approximate surface area is 125 Å². The molecule has 0 aliphatic carbocycles. The molecule has 1 fully saturated rings.